The van der Waals surface area contributed by atoms with Crippen LogP contribution in [0.15, 0.2) is 55.0 Å². The van der Waals surface area contributed by atoms with Gasteiger partial charge in [0, 0.05) is 59.0 Å². The fraction of sp³-hybridized carbons (Fsp3) is 0.419. The second-order valence-corrected chi connectivity index (χ2v) is 18.8. The Morgan fingerprint density at radius 3 is 2.62 bits per heavy atom. The van der Waals surface area contributed by atoms with Crippen LogP contribution in [0.2, 0.25) is 25.7 Å². The predicted octanol–water partition coefficient (Wildman–Crippen LogP) is 6.91. The second kappa shape index (κ2) is 12.1. The van der Waals surface area contributed by atoms with Crippen molar-refractivity contribution in [3.63, 3.8) is 0 Å². The van der Waals surface area contributed by atoms with Crippen LogP contribution >= 0.6 is 11.3 Å². The van der Waals surface area contributed by atoms with E-state index < -0.39 is 8.07 Å². The summed E-state index contributed by atoms with van der Waals surface area (Å²) in [6, 6.07) is 14.0. The Morgan fingerprint density at radius 1 is 1.07 bits per heavy atom. The van der Waals surface area contributed by atoms with E-state index in [-0.39, 0.29) is 12.1 Å². The van der Waals surface area contributed by atoms with E-state index in [9.17, 15) is 0 Å². The van der Waals surface area contributed by atoms with Gasteiger partial charge in [0.15, 0.2) is 11.6 Å². The van der Waals surface area contributed by atoms with Gasteiger partial charge < -0.3 is 19.4 Å². The second-order valence-electron chi connectivity index (χ2n) is 12.2. The molecule has 0 spiro atoms. The van der Waals surface area contributed by atoms with Gasteiger partial charge in [0.2, 0.25) is 0 Å². The Balaban J connectivity index is 1.49. The van der Waals surface area contributed by atoms with E-state index in [0.29, 0.717) is 12.6 Å². The SMILES string of the molecule is CO[C@H]1CC[C@@H](Nc2nc(-c3nccn3C)nc3sc(-c4ccnn4COCC[Si](C)(C)C)c(-c4ccccc4)c23)C1. The molecule has 5 aromatic rings. The smallest absolute Gasteiger partial charge is 0.199 e. The molecule has 1 aliphatic carbocycles. The molecule has 1 saturated carbocycles. The topological polar surface area (TPSA) is 91.9 Å². The number of thiophene rings is 1. The van der Waals surface area contributed by atoms with Gasteiger partial charge in [-0.25, -0.2) is 19.6 Å². The minimum atomic E-state index is -1.18. The van der Waals surface area contributed by atoms with Crippen molar-refractivity contribution >= 4 is 35.4 Å². The first-order valence-corrected chi connectivity index (χ1v) is 19.1. The van der Waals surface area contributed by atoms with Crippen molar-refractivity contribution in [3.8, 4) is 33.3 Å². The third-order valence-corrected chi connectivity index (χ3v) is 10.7. The Kier molecular flexibility index (Phi) is 8.26. The van der Waals surface area contributed by atoms with Gasteiger partial charge in [0.05, 0.1) is 22.1 Å². The molecule has 9 nitrogen and oxygen atoms in total. The molecular weight excluding hydrogens is 563 g/mol. The molecule has 4 aromatic heterocycles. The molecule has 0 amide bonds. The zero-order valence-electron chi connectivity index (χ0n) is 25.0. The molecule has 0 radical (unpaired) electrons. The van der Waals surface area contributed by atoms with E-state index in [1.807, 2.05) is 34.8 Å². The number of methoxy groups -OCH3 is 1. The number of hydrogen-bond donors (Lipinski definition) is 1. The predicted molar refractivity (Wildman–Crippen MR) is 172 cm³/mol. The van der Waals surface area contributed by atoms with Gasteiger partial charge in [-0.1, -0.05) is 50.0 Å². The first kappa shape index (κ1) is 28.7. The van der Waals surface area contributed by atoms with Crippen molar-refractivity contribution in [1.29, 1.82) is 0 Å². The minimum absolute atomic E-state index is 0.260. The monoisotopic (exact) mass is 601 g/mol. The zero-order valence-corrected chi connectivity index (χ0v) is 26.8. The lowest BCUT2D eigenvalue weighted by atomic mass is 10.0. The fourth-order valence-electron chi connectivity index (χ4n) is 5.48. The van der Waals surface area contributed by atoms with Crippen molar-refractivity contribution in [2.45, 2.75) is 63.8 Å². The summed E-state index contributed by atoms with van der Waals surface area (Å²) in [6.45, 7) is 8.25. The average molecular weight is 602 g/mol. The Hall–Kier alpha value is -3.38. The van der Waals surface area contributed by atoms with Gasteiger partial charge in [-0.3, -0.25) is 0 Å². The lowest BCUT2D eigenvalue weighted by molar-refractivity contribution is 0.0798. The van der Waals surface area contributed by atoms with Crippen molar-refractivity contribution in [2.24, 2.45) is 7.05 Å². The number of hydrogen-bond acceptors (Lipinski definition) is 8. The number of imidazole rings is 1. The molecule has 4 heterocycles. The van der Waals surface area contributed by atoms with Crippen molar-refractivity contribution in [3.05, 3.63) is 55.0 Å². The highest BCUT2D eigenvalue weighted by atomic mass is 32.1. The number of aromatic nitrogens is 6. The normalized spacial score (nSPS) is 17.4. The summed E-state index contributed by atoms with van der Waals surface area (Å²) < 4.78 is 15.7. The van der Waals surface area contributed by atoms with E-state index in [1.54, 1.807) is 24.6 Å². The molecule has 1 N–H and O–H groups in total. The van der Waals surface area contributed by atoms with E-state index >= 15 is 0 Å². The van der Waals surface area contributed by atoms with Crippen LogP contribution in [0.3, 0.4) is 0 Å². The lowest BCUT2D eigenvalue weighted by Gasteiger charge is -2.17. The maximum absolute atomic E-state index is 6.13. The van der Waals surface area contributed by atoms with Gasteiger partial charge in [0.1, 0.15) is 17.4 Å². The standard InChI is InChI=1S/C31H39N7O2SSi/c1-37-16-15-32-30(37)29-35-28(34-22-11-12-23(19-22)39-2)26-25(21-9-7-6-8-10-21)27(41-31(26)36-29)24-13-14-33-38(24)20-40-17-18-42(3,4)5/h6-10,13-16,22-23H,11-12,17-20H2,1-5H3,(H,34,35,36)/t22-,23+/m1/s1. The number of ether oxygens (including phenoxy) is 2. The van der Waals surface area contributed by atoms with Gasteiger partial charge in [-0.05, 0) is 36.9 Å². The molecule has 42 heavy (non-hydrogen) atoms. The van der Waals surface area contributed by atoms with Crippen molar-refractivity contribution in [1.82, 2.24) is 29.3 Å². The molecule has 0 saturated heterocycles. The third kappa shape index (κ3) is 6.05. The molecule has 1 aliphatic rings. The molecule has 0 aliphatic heterocycles. The number of nitrogens with one attached hydrogen (secondary N) is 1. The zero-order chi connectivity index (χ0) is 29.3. The quantitative estimate of drug-likeness (QED) is 0.130. The number of aryl methyl sites for hydroxylation is 1. The maximum atomic E-state index is 6.13. The molecule has 0 bridgehead atoms. The molecule has 1 aromatic carbocycles. The number of benzene rings is 1. The molecule has 2 atom stereocenters. The first-order valence-electron chi connectivity index (χ1n) is 14.6. The van der Waals surface area contributed by atoms with E-state index in [0.717, 1.165) is 75.5 Å². The fourth-order valence-corrected chi connectivity index (χ4v) is 7.47. The number of rotatable bonds is 11. The van der Waals surface area contributed by atoms with Crippen LogP contribution in [-0.2, 0) is 23.3 Å². The van der Waals surface area contributed by atoms with Crippen LogP contribution in [0.4, 0.5) is 5.82 Å². The Labute approximate surface area is 252 Å². The Bertz CT molecular complexity index is 1660. The van der Waals surface area contributed by atoms with E-state index in [4.69, 9.17) is 19.4 Å². The molecule has 1 fully saturated rings. The average Bonchev–Trinajstić information content (AvgIpc) is 3.77. The summed E-state index contributed by atoms with van der Waals surface area (Å²) in [5.74, 6) is 2.17. The van der Waals surface area contributed by atoms with Crippen LogP contribution in [0.1, 0.15) is 19.3 Å². The van der Waals surface area contributed by atoms with Crippen LogP contribution < -0.4 is 5.32 Å². The summed E-state index contributed by atoms with van der Waals surface area (Å²) in [5, 5.41) is 9.48. The van der Waals surface area contributed by atoms with Gasteiger partial charge in [-0.2, -0.15) is 5.10 Å². The van der Waals surface area contributed by atoms with Crippen LogP contribution in [0, 0.1) is 0 Å². The minimum Gasteiger partial charge on any atom is -0.381 e. The number of nitrogens with zero attached hydrogens (tertiary/aromatic N) is 6. The largest absolute Gasteiger partial charge is 0.381 e. The van der Waals surface area contributed by atoms with Crippen molar-refractivity contribution < 1.29 is 9.47 Å². The number of anilines is 1. The lowest BCUT2D eigenvalue weighted by Crippen LogP contribution is -2.22. The van der Waals surface area contributed by atoms with Gasteiger partial charge in [0.25, 0.3) is 0 Å². The summed E-state index contributed by atoms with van der Waals surface area (Å²) in [6.07, 6.45) is 8.82. The third-order valence-electron chi connectivity index (χ3n) is 7.85. The van der Waals surface area contributed by atoms with E-state index in [1.165, 1.54) is 0 Å². The molecular formula is C31H39N7O2SSi. The summed E-state index contributed by atoms with van der Waals surface area (Å²) in [5.41, 5.74) is 3.23. The van der Waals surface area contributed by atoms with Crippen molar-refractivity contribution in [2.75, 3.05) is 19.0 Å². The molecule has 6 rings (SSSR count). The summed E-state index contributed by atoms with van der Waals surface area (Å²) in [7, 11) is 2.59. The molecule has 11 heteroatoms. The van der Waals surface area contributed by atoms with Gasteiger partial charge in [-0.15, -0.1) is 11.3 Å². The van der Waals surface area contributed by atoms with E-state index in [2.05, 4.69) is 65.4 Å². The highest BCUT2D eigenvalue weighted by Crippen LogP contribution is 2.47. The molecule has 220 valence electrons. The van der Waals surface area contributed by atoms with Gasteiger partial charge >= 0.3 is 0 Å². The van der Waals surface area contributed by atoms with Crippen LogP contribution in [-0.4, -0.2) is 63.2 Å². The Morgan fingerprint density at radius 2 is 1.90 bits per heavy atom. The van der Waals surface area contributed by atoms with Crippen LogP contribution in [0.25, 0.3) is 43.6 Å². The highest BCUT2D eigenvalue weighted by molar-refractivity contribution is 7.22. The highest BCUT2D eigenvalue weighted by Gasteiger charge is 2.29. The maximum Gasteiger partial charge on any atom is 0.199 e. The van der Waals surface area contributed by atoms with Crippen LogP contribution in [0.5, 0.6) is 0 Å². The first-order chi connectivity index (χ1) is 20.3. The summed E-state index contributed by atoms with van der Waals surface area (Å²) >= 11 is 1.67. The molecule has 0 unspecified atom stereocenters. The summed E-state index contributed by atoms with van der Waals surface area (Å²) in [4.78, 5) is 16.8. The number of fused-ring (bicyclic) bond motifs is 1.